The van der Waals surface area contributed by atoms with E-state index >= 15 is 0 Å². The molecule has 0 saturated heterocycles. The van der Waals surface area contributed by atoms with Crippen LogP contribution in [0.1, 0.15) is 28.4 Å². The number of Topliss-reactive ketones (excluding diaryl/α,β-unsaturated/α-hetero) is 1. The lowest BCUT2D eigenvalue weighted by Crippen LogP contribution is -2.32. The number of ether oxygens (including phenoxy) is 1. The molecular weight excluding hydrogens is 502 g/mol. The van der Waals surface area contributed by atoms with Gasteiger partial charge in [0, 0.05) is 23.3 Å². The summed E-state index contributed by atoms with van der Waals surface area (Å²) in [6.45, 7) is 1.45. The predicted octanol–water partition coefficient (Wildman–Crippen LogP) is 5.40. The first-order valence-electron chi connectivity index (χ1n) is 10.1. The number of aliphatic imine (C=N–C) groups is 1. The zero-order valence-corrected chi connectivity index (χ0v) is 19.8. The Morgan fingerprint density at radius 1 is 1.12 bits per heavy atom. The lowest BCUT2D eigenvalue weighted by molar-refractivity contribution is -0.384. The van der Waals surface area contributed by atoms with Crippen LogP contribution in [0.4, 0.5) is 11.4 Å². The third-order valence-corrected chi connectivity index (χ3v) is 5.79. The summed E-state index contributed by atoms with van der Waals surface area (Å²) in [6.07, 6.45) is 1.50. The molecule has 0 radical (unpaired) electrons. The Kier molecular flexibility index (Phi) is 6.38. The lowest BCUT2D eigenvalue weighted by atomic mass is 10.1. The van der Waals surface area contributed by atoms with Crippen LogP contribution < -0.4 is 9.64 Å². The van der Waals surface area contributed by atoms with Gasteiger partial charge in [-0.05, 0) is 64.8 Å². The average molecular weight is 520 g/mol. The molecule has 3 aromatic carbocycles. The molecule has 0 atom stereocenters. The van der Waals surface area contributed by atoms with Crippen LogP contribution in [0.3, 0.4) is 0 Å². The number of amides is 1. The molecular formula is C25H18BrN3O5. The van der Waals surface area contributed by atoms with Gasteiger partial charge in [0.1, 0.15) is 17.3 Å². The van der Waals surface area contributed by atoms with Crippen LogP contribution in [0.2, 0.25) is 0 Å². The van der Waals surface area contributed by atoms with Gasteiger partial charge in [0.2, 0.25) is 0 Å². The van der Waals surface area contributed by atoms with Crippen molar-refractivity contribution in [3.05, 3.63) is 104 Å². The molecule has 0 bridgehead atoms. The van der Waals surface area contributed by atoms with E-state index in [4.69, 9.17) is 4.74 Å². The number of carbonyl (C=O) groups is 2. The van der Waals surface area contributed by atoms with E-state index < -0.39 is 10.8 Å². The molecule has 34 heavy (non-hydrogen) atoms. The normalized spacial score (nSPS) is 14.3. The van der Waals surface area contributed by atoms with Gasteiger partial charge in [0.25, 0.3) is 11.6 Å². The minimum Gasteiger partial charge on any atom is -0.496 e. The molecule has 1 aliphatic rings. The Morgan fingerprint density at radius 3 is 2.56 bits per heavy atom. The second kappa shape index (κ2) is 9.40. The second-order valence-corrected chi connectivity index (χ2v) is 8.27. The second-order valence-electron chi connectivity index (χ2n) is 7.41. The zero-order valence-electron chi connectivity index (χ0n) is 18.2. The molecule has 0 unspecified atom stereocenters. The van der Waals surface area contributed by atoms with Gasteiger partial charge in [-0.25, -0.2) is 4.99 Å². The van der Waals surface area contributed by atoms with E-state index in [0.717, 1.165) is 0 Å². The highest BCUT2D eigenvalue weighted by molar-refractivity contribution is 9.10. The van der Waals surface area contributed by atoms with Gasteiger partial charge in [-0.1, -0.05) is 24.3 Å². The summed E-state index contributed by atoms with van der Waals surface area (Å²) in [7, 11) is 1.55. The largest absolute Gasteiger partial charge is 0.496 e. The Labute approximate surface area is 203 Å². The molecule has 1 heterocycles. The van der Waals surface area contributed by atoms with E-state index in [1.165, 1.54) is 30.0 Å². The topological polar surface area (TPSA) is 102 Å². The quantitative estimate of drug-likeness (QED) is 0.187. The van der Waals surface area contributed by atoms with E-state index in [2.05, 4.69) is 20.9 Å². The number of ketones is 1. The number of nitro benzene ring substituents is 1. The molecule has 1 amide bonds. The Bertz CT molecular complexity index is 1400. The van der Waals surface area contributed by atoms with Crippen LogP contribution in [0.15, 0.2) is 81.9 Å². The minimum absolute atomic E-state index is 0.0888. The third-order valence-electron chi connectivity index (χ3n) is 5.17. The fourth-order valence-corrected chi connectivity index (χ4v) is 4.05. The number of anilines is 1. The summed E-state index contributed by atoms with van der Waals surface area (Å²) in [5, 5.41) is 11.1. The summed E-state index contributed by atoms with van der Waals surface area (Å²) in [4.78, 5) is 42.1. The van der Waals surface area contributed by atoms with Crippen molar-refractivity contribution in [2.75, 3.05) is 12.0 Å². The molecule has 1 aliphatic heterocycles. The molecule has 8 nitrogen and oxygen atoms in total. The summed E-state index contributed by atoms with van der Waals surface area (Å²) in [6, 6.07) is 18.0. The molecule has 0 aromatic heterocycles. The molecule has 9 heteroatoms. The van der Waals surface area contributed by atoms with Gasteiger partial charge in [0.05, 0.1) is 22.2 Å². The molecule has 4 rings (SSSR count). The third kappa shape index (κ3) is 4.51. The van der Waals surface area contributed by atoms with Crippen molar-refractivity contribution in [3.8, 4) is 5.75 Å². The van der Waals surface area contributed by atoms with Crippen molar-refractivity contribution in [1.82, 2.24) is 0 Å². The maximum atomic E-state index is 13.5. The highest BCUT2D eigenvalue weighted by Gasteiger charge is 2.33. The van der Waals surface area contributed by atoms with Crippen molar-refractivity contribution in [3.63, 3.8) is 0 Å². The number of amidine groups is 1. The van der Waals surface area contributed by atoms with Gasteiger partial charge in [-0.3, -0.25) is 24.6 Å². The first-order valence-corrected chi connectivity index (χ1v) is 10.9. The Hall–Kier alpha value is -4.11. The number of hydrogen-bond acceptors (Lipinski definition) is 6. The van der Waals surface area contributed by atoms with Gasteiger partial charge in [-0.2, -0.15) is 0 Å². The van der Waals surface area contributed by atoms with E-state index in [1.54, 1.807) is 61.7 Å². The van der Waals surface area contributed by atoms with Crippen molar-refractivity contribution >= 4 is 50.9 Å². The van der Waals surface area contributed by atoms with Crippen molar-refractivity contribution < 1.29 is 19.2 Å². The highest BCUT2D eigenvalue weighted by atomic mass is 79.9. The van der Waals surface area contributed by atoms with Crippen LogP contribution >= 0.6 is 15.9 Å². The van der Waals surface area contributed by atoms with Crippen LogP contribution in [0.25, 0.3) is 6.08 Å². The number of hydrogen-bond donors (Lipinski definition) is 0. The summed E-state index contributed by atoms with van der Waals surface area (Å²) in [5.41, 5.74) is 2.06. The first-order chi connectivity index (χ1) is 16.3. The smallest absolute Gasteiger partial charge is 0.282 e. The molecule has 0 saturated carbocycles. The van der Waals surface area contributed by atoms with Crippen LogP contribution in [0, 0.1) is 10.1 Å². The van der Waals surface area contributed by atoms with E-state index in [0.29, 0.717) is 38.4 Å². The molecule has 0 N–H and O–H groups in total. The van der Waals surface area contributed by atoms with E-state index in [1.807, 2.05) is 0 Å². The fraction of sp³-hybridized carbons (Fsp3) is 0.0800. The van der Waals surface area contributed by atoms with Gasteiger partial charge in [0.15, 0.2) is 5.78 Å². The van der Waals surface area contributed by atoms with E-state index in [-0.39, 0.29) is 17.2 Å². The Balaban J connectivity index is 1.86. The number of nitrogens with zero attached hydrogens (tertiary/aromatic N) is 3. The number of nitro groups is 1. The minimum atomic E-state index is -0.498. The van der Waals surface area contributed by atoms with Crippen LogP contribution in [0.5, 0.6) is 5.75 Å². The van der Waals surface area contributed by atoms with Gasteiger partial charge < -0.3 is 4.74 Å². The predicted molar refractivity (Wildman–Crippen MR) is 132 cm³/mol. The molecule has 3 aromatic rings. The SMILES string of the molecule is COc1ccc(C2=NC(=Cc3cccc([N+](=O)[O-])c3)C(=O)N2c2cccc(C(C)=O)c2)cc1Br. The maximum Gasteiger partial charge on any atom is 0.282 e. The molecule has 0 spiro atoms. The maximum absolute atomic E-state index is 13.5. The van der Waals surface area contributed by atoms with Crippen molar-refractivity contribution in [2.24, 2.45) is 4.99 Å². The van der Waals surface area contributed by atoms with Crippen molar-refractivity contribution in [1.29, 1.82) is 0 Å². The number of rotatable bonds is 6. The average Bonchev–Trinajstić information content (AvgIpc) is 3.15. The number of benzene rings is 3. The highest BCUT2D eigenvalue weighted by Crippen LogP contribution is 2.32. The molecule has 170 valence electrons. The molecule has 0 aliphatic carbocycles. The van der Waals surface area contributed by atoms with Crippen molar-refractivity contribution in [2.45, 2.75) is 6.92 Å². The summed E-state index contributed by atoms with van der Waals surface area (Å²) in [5.74, 6) is 0.414. The monoisotopic (exact) mass is 519 g/mol. The zero-order chi connectivity index (χ0) is 24.4. The lowest BCUT2D eigenvalue weighted by Gasteiger charge is -2.19. The number of non-ortho nitro benzene ring substituents is 1. The summed E-state index contributed by atoms with van der Waals surface area (Å²) < 4.78 is 5.97. The Morgan fingerprint density at radius 2 is 1.88 bits per heavy atom. The van der Waals surface area contributed by atoms with Gasteiger partial charge >= 0.3 is 0 Å². The van der Waals surface area contributed by atoms with Gasteiger partial charge in [-0.15, -0.1) is 0 Å². The number of carbonyl (C=O) groups excluding carboxylic acids is 2. The van der Waals surface area contributed by atoms with Crippen LogP contribution in [-0.2, 0) is 4.79 Å². The first kappa shape index (κ1) is 23.1. The molecule has 0 fully saturated rings. The summed E-state index contributed by atoms with van der Waals surface area (Å²) >= 11 is 3.46. The standard InChI is InChI=1S/C25H18BrN3O5/c1-15(30)17-6-4-7-19(13-17)28-24(18-9-10-23(34-2)21(26)14-18)27-22(25(28)31)12-16-5-3-8-20(11-16)29(32)33/h3-14H,1-2H3. The number of methoxy groups -OCH3 is 1. The fourth-order valence-electron chi connectivity index (χ4n) is 3.51. The number of halogens is 1. The van der Waals surface area contributed by atoms with E-state index in [9.17, 15) is 19.7 Å². The van der Waals surface area contributed by atoms with Crippen LogP contribution in [-0.4, -0.2) is 29.6 Å².